The molecule has 2 aromatic rings. The van der Waals surface area contributed by atoms with Crippen molar-refractivity contribution in [2.75, 3.05) is 14.2 Å². The first-order valence-corrected chi connectivity index (χ1v) is 7.27. The molecule has 0 saturated heterocycles. The number of hydrogen-bond acceptors (Lipinski definition) is 4. The molecule has 0 aliphatic rings. The highest BCUT2D eigenvalue weighted by Gasteiger charge is 2.14. The zero-order valence-electron chi connectivity index (χ0n) is 11.6. The van der Waals surface area contributed by atoms with Crippen LogP contribution in [0.5, 0.6) is 0 Å². The van der Waals surface area contributed by atoms with Crippen LogP contribution in [-0.2, 0) is 17.7 Å². The molecule has 1 aromatic heterocycles. The van der Waals surface area contributed by atoms with Crippen LogP contribution in [0.2, 0.25) is 0 Å². The van der Waals surface area contributed by atoms with E-state index in [9.17, 15) is 0 Å². The van der Waals surface area contributed by atoms with Crippen LogP contribution < -0.4 is 5.32 Å². The molecule has 0 spiro atoms. The molecule has 0 amide bonds. The zero-order valence-corrected chi connectivity index (χ0v) is 12.5. The van der Waals surface area contributed by atoms with Gasteiger partial charge in [0.05, 0.1) is 16.8 Å². The summed E-state index contributed by atoms with van der Waals surface area (Å²) >= 11 is 1.77. The lowest BCUT2D eigenvalue weighted by Crippen LogP contribution is -2.08. The summed E-state index contributed by atoms with van der Waals surface area (Å²) < 4.78 is 5.32. The number of rotatable bonds is 6. The van der Waals surface area contributed by atoms with E-state index >= 15 is 0 Å². The predicted octanol–water partition coefficient (Wildman–Crippen LogP) is 3.11. The quantitative estimate of drug-likeness (QED) is 0.880. The summed E-state index contributed by atoms with van der Waals surface area (Å²) in [4.78, 5) is 6.07. The van der Waals surface area contributed by atoms with Gasteiger partial charge in [0.2, 0.25) is 0 Å². The Morgan fingerprint density at radius 2 is 2.05 bits per heavy atom. The standard InChI is InChI=1S/C15H20N2OS/c1-11(18-3)9-14-17-15(13(19-14)10-16-2)12-7-5-4-6-8-12/h4-8,11,16H,9-10H2,1-3H3. The minimum atomic E-state index is 0.206. The number of nitrogens with one attached hydrogen (secondary N) is 1. The Hall–Kier alpha value is -1.23. The summed E-state index contributed by atoms with van der Waals surface area (Å²) in [5.74, 6) is 0. The molecular formula is C15H20N2OS. The summed E-state index contributed by atoms with van der Waals surface area (Å²) in [6.07, 6.45) is 1.07. The molecular weight excluding hydrogens is 256 g/mol. The van der Waals surface area contributed by atoms with Gasteiger partial charge in [0.1, 0.15) is 0 Å². The van der Waals surface area contributed by atoms with E-state index in [2.05, 4.69) is 36.5 Å². The van der Waals surface area contributed by atoms with E-state index in [1.165, 1.54) is 10.4 Å². The molecule has 0 bridgehead atoms. The summed E-state index contributed by atoms with van der Waals surface area (Å²) in [6, 6.07) is 10.3. The number of hydrogen-bond donors (Lipinski definition) is 1. The maximum Gasteiger partial charge on any atom is 0.0961 e. The van der Waals surface area contributed by atoms with Crippen molar-refractivity contribution in [1.29, 1.82) is 0 Å². The first-order chi connectivity index (χ1) is 9.24. The summed E-state index contributed by atoms with van der Waals surface area (Å²) in [5.41, 5.74) is 2.28. The molecule has 0 aliphatic heterocycles. The first-order valence-electron chi connectivity index (χ1n) is 6.46. The SMILES string of the molecule is CNCc1sc(CC(C)OC)nc1-c1ccccc1. The molecule has 0 fully saturated rings. The van der Waals surface area contributed by atoms with E-state index in [1.54, 1.807) is 18.4 Å². The maximum atomic E-state index is 5.32. The average Bonchev–Trinajstić information content (AvgIpc) is 2.83. The van der Waals surface area contributed by atoms with Gasteiger partial charge in [-0.2, -0.15) is 0 Å². The lowest BCUT2D eigenvalue weighted by molar-refractivity contribution is 0.119. The number of methoxy groups -OCH3 is 1. The van der Waals surface area contributed by atoms with E-state index in [4.69, 9.17) is 9.72 Å². The molecule has 1 unspecified atom stereocenters. The topological polar surface area (TPSA) is 34.1 Å². The third-order valence-electron chi connectivity index (χ3n) is 2.99. The Kier molecular flexibility index (Phi) is 5.07. The van der Waals surface area contributed by atoms with Gasteiger partial charge in [-0.25, -0.2) is 4.98 Å². The average molecular weight is 276 g/mol. The fraction of sp³-hybridized carbons (Fsp3) is 0.400. The zero-order chi connectivity index (χ0) is 13.7. The number of nitrogens with zero attached hydrogens (tertiary/aromatic N) is 1. The van der Waals surface area contributed by atoms with Crippen molar-refractivity contribution in [3.63, 3.8) is 0 Å². The third kappa shape index (κ3) is 3.62. The molecule has 19 heavy (non-hydrogen) atoms. The van der Waals surface area contributed by atoms with Gasteiger partial charge < -0.3 is 10.1 Å². The van der Waals surface area contributed by atoms with Gasteiger partial charge in [0.25, 0.3) is 0 Å². The second kappa shape index (κ2) is 6.80. The van der Waals surface area contributed by atoms with Gasteiger partial charge in [-0.1, -0.05) is 30.3 Å². The fourth-order valence-corrected chi connectivity index (χ4v) is 3.13. The van der Waals surface area contributed by atoms with Crippen LogP contribution in [0, 0.1) is 0 Å². The lowest BCUT2D eigenvalue weighted by atomic mass is 10.1. The van der Waals surface area contributed by atoms with Crippen LogP contribution in [0.1, 0.15) is 16.8 Å². The van der Waals surface area contributed by atoms with Crippen molar-refractivity contribution in [3.05, 3.63) is 40.2 Å². The highest BCUT2D eigenvalue weighted by Crippen LogP contribution is 2.29. The van der Waals surface area contributed by atoms with Crippen molar-refractivity contribution in [2.45, 2.75) is 26.0 Å². The van der Waals surface area contributed by atoms with E-state index in [0.717, 1.165) is 23.7 Å². The van der Waals surface area contributed by atoms with Crippen LogP contribution in [-0.4, -0.2) is 25.2 Å². The van der Waals surface area contributed by atoms with E-state index in [0.29, 0.717) is 0 Å². The molecule has 0 aliphatic carbocycles. The molecule has 0 radical (unpaired) electrons. The van der Waals surface area contributed by atoms with E-state index in [1.807, 2.05) is 13.1 Å². The summed E-state index contributed by atoms with van der Waals surface area (Å²) in [6.45, 7) is 2.92. The smallest absolute Gasteiger partial charge is 0.0961 e. The van der Waals surface area contributed by atoms with Crippen molar-refractivity contribution >= 4 is 11.3 Å². The van der Waals surface area contributed by atoms with Gasteiger partial charge in [0.15, 0.2) is 0 Å². The monoisotopic (exact) mass is 276 g/mol. The molecule has 2 rings (SSSR count). The maximum absolute atomic E-state index is 5.32. The van der Waals surface area contributed by atoms with Gasteiger partial charge in [0, 0.05) is 30.5 Å². The van der Waals surface area contributed by atoms with Gasteiger partial charge in [-0.3, -0.25) is 0 Å². The van der Waals surface area contributed by atoms with Crippen molar-refractivity contribution in [3.8, 4) is 11.3 Å². The third-order valence-corrected chi connectivity index (χ3v) is 4.07. The predicted molar refractivity (Wildman–Crippen MR) is 80.5 cm³/mol. The second-order valence-corrected chi connectivity index (χ2v) is 5.69. The molecule has 4 heteroatoms. The van der Waals surface area contributed by atoms with Gasteiger partial charge in [-0.15, -0.1) is 11.3 Å². The molecule has 0 saturated carbocycles. The molecule has 1 N–H and O–H groups in total. The van der Waals surface area contributed by atoms with Crippen molar-refractivity contribution < 1.29 is 4.74 Å². The van der Waals surface area contributed by atoms with E-state index < -0.39 is 0 Å². The summed E-state index contributed by atoms with van der Waals surface area (Å²) in [5, 5.41) is 4.35. The normalized spacial score (nSPS) is 12.6. The largest absolute Gasteiger partial charge is 0.381 e. The van der Waals surface area contributed by atoms with Crippen molar-refractivity contribution in [1.82, 2.24) is 10.3 Å². The lowest BCUT2D eigenvalue weighted by Gasteiger charge is -2.05. The molecule has 1 aromatic carbocycles. The number of aromatic nitrogens is 1. The Morgan fingerprint density at radius 1 is 1.32 bits per heavy atom. The van der Waals surface area contributed by atoms with Crippen LogP contribution in [0.3, 0.4) is 0 Å². The van der Waals surface area contributed by atoms with Crippen LogP contribution in [0.15, 0.2) is 30.3 Å². The Bertz CT molecular complexity index is 510. The molecule has 3 nitrogen and oxygen atoms in total. The van der Waals surface area contributed by atoms with Gasteiger partial charge >= 0.3 is 0 Å². The molecule has 102 valence electrons. The second-order valence-electron chi connectivity index (χ2n) is 4.53. The summed E-state index contributed by atoms with van der Waals surface area (Å²) in [7, 11) is 3.71. The van der Waals surface area contributed by atoms with Crippen LogP contribution in [0.4, 0.5) is 0 Å². The fourth-order valence-electron chi connectivity index (χ4n) is 1.92. The number of thiazole rings is 1. The highest BCUT2D eigenvalue weighted by molar-refractivity contribution is 7.12. The first kappa shape index (κ1) is 14.2. The van der Waals surface area contributed by atoms with Crippen molar-refractivity contribution in [2.24, 2.45) is 0 Å². The molecule has 1 heterocycles. The van der Waals surface area contributed by atoms with Gasteiger partial charge in [-0.05, 0) is 14.0 Å². The van der Waals surface area contributed by atoms with Crippen LogP contribution in [0.25, 0.3) is 11.3 Å². The number of benzene rings is 1. The highest BCUT2D eigenvalue weighted by atomic mass is 32.1. The minimum absolute atomic E-state index is 0.206. The Balaban J connectivity index is 2.30. The molecule has 1 atom stereocenters. The van der Waals surface area contributed by atoms with E-state index in [-0.39, 0.29) is 6.10 Å². The van der Waals surface area contributed by atoms with Crippen LogP contribution >= 0.6 is 11.3 Å². The number of ether oxygens (including phenoxy) is 1. The minimum Gasteiger partial charge on any atom is -0.381 e. The Labute approximate surface area is 118 Å². The Morgan fingerprint density at radius 3 is 2.68 bits per heavy atom.